The highest BCUT2D eigenvalue weighted by molar-refractivity contribution is 7.89. The average molecular weight is 487 g/mol. The van der Waals surface area contributed by atoms with Crippen LogP contribution in [-0.2, 0) is 21.0 Å². The third kappa shape index (κ3) is 5.73. The highest BCUT2D eigenvalue weighted by atomic mass is 32.2. The SMILES string of the molecule is O=C([C@H]1CC[C@H](NS(=O)(=O)c2ccc(C(F)(F)F)cc2)CC1)N1CCNC[C@@H]1C(F)(F)F. The quantitative estimate of drug-likeness (QED) is 0.641. The summed E-state index contributed by atoms with van der Waals surface area (Å²) in [5.74, 6) is -1.22. The van der Waals surface area contributed by atoms with Crippen molar-refractivity contribution in [3.8, 4) is 0 Å². The monoisotopic (exact) mass is 487 g/mol. The first-order chi connectivity index (χ1) is 14.8. The van der Waals surface area contributed by atoms with Gasteiger partial charge in [0.25, 0.3) is 0 Å². The Balaban J connectivity index is 1.59. The Morgan fingerprint density at radius 1 is 1.00 bits per heavy atom. The van der Waals surface area contributed by atoms with Gasteiger partial charge in [0, 0.05) is 31.6 Å². The summed E-state index contributed by atoms with van der Waals surface area (Å²) in [6.07, 6.45) is -8.23. The molecule has 1 saturated heterocycles. The fourth-order valence-corrected chi connectivity index (χ4v) is 5.37. The van der Waals surface area contributed by atoms with Gasteiger partial charge >= 0.3 is 12.4 Å². The Morgan fingerprint density at radius 3 is 2.12 bits per heavy atom. The van der Waals surface area contributed by atoms with E-state index in [1.54, 1.807) is 0 Å². The van der Waals surface area contributed by atoms with Crippen LogP contribution in [0, 0.1) is 5.92 Å². The summed E-state index contributed by atoms with van der Waals surface area (Å²) < 4.78 is 105. The number of benzene rings is 1. The molecule has 1 aromatic rings. The molecular formula is C19H23F6N3O3S. The Labute approximate surface area is 181 Å². The van der Waals surface area contributed by atoms with E-state index in [9.17, 15) is 39.6 Å². The second-order valence-corrected chi connectivity index (χ2v) is 9.70. The van der Waals surface area contributed by atoms with E-state index in [-0.39, 0.29) is 50.2 Å². The number of amides is 1. The molecule has 13 heteroatoms. The van der Waals surface area contributed by atoms with E-state index in [2.05, 4.69) is 10.0 Å². The molecule has 1 aromatic carbocycles. The van der Waals surface area contributed by atoms with Crippen molar-refractivity contribution in [3.63, 3.8) is 0 Å². The van der Waals surface area contributed by atoms with Gasteiger partial charge in [-0.2, -0.15) is 26.3 Å². The molecule has 1 aliphatic heterocycles. The number of halogens is 6. The lowest BCUT2D eigenvalue weighted by atomic mass is 9.85. The minimum Gasteiger partial charge on any atom is -0.328 e. The van der Waals surface area contributed by atoms with Crippen LogP contribution in [0.4, 0.5) is 26.3 Å². The lowest BCUT2D eigenvalue weighted by Crippen LogP contribution is -2.60. The number of piperazine rings is 1. The van der Waals surface area contributed by atoms with Gasteiger partial charge in [0.2, 0.25) is 15.9 Å². The first kappa shape index (κ1) is 24.8. The molecule has 1 heterocycles. The van der Waals surface area contributed by atoms with Gasteiger partial charge in [-0.1, -0.05) is 0 Å². The van der Waals surface area contributed by atoms with Gasteiger partial charge in [-0.05, 0) is 49.9 Å². The van der Waals surface area contributed by atoms with Crippen molar-refractivity contribution in [2.75, 3.05) is 19.6 Å². The summed E-state index contributed by atoms with van der Waals surface area (Å²) in [4.78, 5) is 13.2. The molecular weight excluding hydrogens is 464 g/mol. The van der Waals surface area contributed by atoms with Crippen molar-refractivity contribution in [3.05, 3.63) is 29.8 Å². The number of hydrogen-bond acceptors (Lipinski definition) is 4. The van der Waals surface area contributed by atoms with Gasteiger partial charge < -0.3 is 10.2 Å². The van der Waals surface area contributed by atoms with Crippen LogP contribution in [0.25, 0.3) is 0 Å². The second-order valence-electron chi connectivity index (χ2n) is 7.99. The van der Waals surface area contributed by atoms with Crippen LogP contribution in [0.3, 0.4) is 0 Å². The summed E-state index contributed by atoms with van der Waals surface area (Å²) in [5, 5.41) is 2.64. The van der Waals surface area contributed by atoms with Gasteiger partial charge in [0.05, 0.1) is 10.5 Å². The van der Waals surface area contributed by atoms with Crippen LogP contribution < -0.4 is 10.0 Å². The zero-order valence-corrected chi connectivity index (χ0v) is 17.7. The molecule has 180 valence electrons. The largest absolute Gasteiger partial charge is 0.416 e. The van der Waals surface area contributed by atoms with Crippen LogP contribution in [0.15, 0.2) is 29.2 Å². The molecule has 1 amide bonds. The van der Waals surface area contributed by atoms with Crippen molar-refractivity contribution in [1.82, 2.24) is 14.9 Å². The van der Waals surface area contributed by atoms with Crippen LogP contribution in [-0.4, -0.2) is 57.1 Å². The van der Waals surface area contributed by atoms with Crippen molar-refractivity contribution >= 4 is 15.9 Å². The fourth-order valence-electron chi connectivity index (χ4n) is 4.06. The maximum Gasteiger partial charge on any atom is 0.416 e. The van der Waals surface area contributed by atoms with E-state index in [4.69, 9.17) is 0 Å². The van der Waals surface area contributed by atoms with Gasteiger partial charge in [0.15, 0.2) is 0 Å². The lowest BCUT2D eigenvalue weighted by molar-refractivity contribution is -0.194. The van der Waals surface area contributed by atoms with Crippen LogP contribution in [0.2, 0.25) is 0 Å². The zero-order chi connectivity index (χ0) is 23.7. The molecule has 2 N–H and O–H groups in total. The third-order valence-electron chi connectivity index (χ3n) is 5.79. The molecule has 2 aliphatic rings. The maximum absolute atomic E-state index is 13.2. The highest BCUT2D eigenvalue weighted by Crippen LogP contribution is 2.32. The summed E-state index contributed by atoms with van der Waals surface area (Å²) in [5.41, 5.74) is -0.972. The minimum absolute atomic E-state index is 0.0521. The smallest absolute Gasteiger partial charge is 0.328 e. The molecule has 32 heavy (non-hydrogen) atoms. The Morgan fingerprint density at radius 2 is 1.59 bits per heavy atom. The van der Waals surface area contributed by atoms with Crippen LogP contribution in [0.5, 0.6) is 0 Å². The van der Waals surface area contributed by atoms with Crippen LogP contribution in [0.1, 0.15) is 31.2 Å². The van der Waals surface area contributed by atoms with Gasteiger partial charge in [-0.25, -0.2) is 13.1 Å². The van der Waals surface area contributed by atoms with Crippen LogP contribution >= 0.6 is 0 Å². The van der Waals surface area contributed by atoms with Crippen molar-refractivity contribution in [2.45, 2.75) is 55.0 Å². The average Bonchev–Trinajstić information content (AvgIpc) is 2.72. The third-order valence-corrected chi connectivity index (χ3v) is 7.33. The second kappa shape index (κ2) is 9.18. The number of sulfonamides is 1. The van der Waals surface area contributed by atoms with E-state index >= 15 is 0 Å². The molecule has 1 atom stereocenters. The number of nitrogens with zero attached hydrogens (tertiary/aromatic N) is 1. The lowest BCUT2D eigenvalue weighted by Gasteiger charge is -2.40. The summed E-state index contributed by atoms with van der Waals surface area (Å²) in [7, 11) is -4.08. The Bertz CT molecular complexity index is 910. The number of hydrogen-bond donors (Lipinski definition) is 2. The fraction of sp³-hybridized carbons (Fsp3) is 0.632. The van der Waals surface area contributed by atoms with Gasteiger partial charge in [-0.3, -0.25) is 4.79 Å². The molecule has 2 fully saturated rings. The van der Waals surface area contributed by atoms with Crippen molar-refractivity contribution in [1.29, 1.82) is 0 Å². The number of nitrogens with one attached hydrogen (secondary N) is 2. The van der Waals surface area contributed by atoms with E-state index in [1.165, 1.54) is 0 Å². The molecule has 0 spiro atoms. The minimum atomic E-state index is -4.59. The molecule has 0 radical (unpaired) electrons. The molecule has 3 rings (SSSR count). The van der Waals surface area contributed by atoms with Gasteiger partial charge in [-0.15, -0.1) is 0 Å². The number of alkyl halides is 6. The Kier molecular flexibility index (Phi) is 7.11. The molecule has 0 bridgehead atoms. The molecule has 6 nitrogen and oxygen atoms in total. The van der Waals surface area contributed by atoms with Crippen molar-refractivity contribution < 1.29 is 39.6 Å². The van der Waals surface area contributed by atoms with Crippen molar-refractivity contribution in [2.24, 2.45) is 5.92 Å². The standard InChI is InChI=1S/C19H23F6N3O3S/c20-18(21,22)13-3-7-15(8-4-13)32(30,31)27-14-5-1-12(2-6-14)17(29)28-10-9-26-11-16(28)19(23,24)25/h3-4,7-8,12,14,16,26-27H,1-2,5-6,9-11H2/t12-,14-,16-/m1/s1. The topological polar surface area (TPSA) is 78.5 Å². The first-order valence-corrected chi connectivity index (χ1v) is 11.5. The molecule has 0 aromatic heterocycles. The summed E-state index contributed by atoms with van der Waals surface area (Å²) >= 11 is 0. The summed E-state index contributed by atoms with van der Waals surface area (Å²) in [6, 6.07) is 0.625. The van der Waals surface area contributed by atoms with E-state index < -0.39 is 51.8 Å². The predicted octanol–water partition coefficient (Wildman–Crippen LogP) is 2.91. The Hall–Kier alpha value is -1.86. The molecule has 1 aliphatic carbocycles. The zero-order valence-electron chi connectivity index (χ0n) is 16.8. The molecule has 1 saturated carbocycles. The van der Waals surface area contributed by atoms with Gasteiger partial charge in [0.1, 0.15) is 6.04 Å². The van der Waals surface area contributed by atoms with E-state index in [0.29, 0.717) is 12.1 Å². The first-order valence-electron chi connectivity index (χ1n) is 10.1. The van der Waals surface area contributed by atoms with E-state index in [1.807, 2.05) is 0 Å². The summed E-state index contributed by atoms with van der Waals surface area (Å²) in [6.45, 7) is -0.151. The number of rotatable bonds is 4. The van der Waals surface area contributed by atoms with E-state index in [0.717, 1.165) is 17.0 Å². The number of carbonyl (C=O) groups excluding carboxylic acids is 1. The maximum atomic E-state index is 13.2. The number of carbonyl (C=O) groups is 1. The molecule has 0 unspecified atom stereocenters. The highest BCUT2D eigenvalue weighted by Gasteiger charge is 2.47. The normalized spacial score (nSPS) is 25.6. The predicted molar refractivity (Wildman–Crippen MR) is 102 cm³/mol.